The Morgan fingerprint density at radius 1 is 1.43 bits per heavy atom. The van der Waals surface area contributed by atoms with Crippen molar-refractivity contribution in [3.05, 3.63) is 42.0 Å². The number of nitrogens with zero attached hydrogens (tertiary/aromatic N) is 3. The van der Waals surface area contributed by atoms with E-state index in [1.54, 1.807) is 6.92 Å². The summed E-state index contributed by atoms with van der Waals surface area (Å²) in [5, 5.41) is 3.46. The number of carbonyl (C=O) groups is 1. The molecule has 1 N–H and O–H groups in total. The number of anilines is 2. The molecule has 5 nitrogen and oxygen atoms in total. The van der Waals surface area contributed by atoms with Crippen molar-refractivity contribution in [3.63, 3.8) is 0 Å². The van der Waals surface area contributed by atoms with Crippen molar-refractivity contribution in [3.8, 4) is 0 Å². The lowest BCUT2D eigenvalue weighted by molar-refractivity contribution is -0.116. The summed E-state index contributed by atoms with van der Waals surface area (Å²) in [6, 6.07) is 6.08. The molecule has 2 heterocycles. The minimum absolute atomic E-state index is 0.104. The third-order valence-electron chi connectivity index (χ3n) is 3.99. The molecule has 110 valence electrons. The van der Waals surface area contributed by atoms with Gasteiger partial charge in [0.2, 0.25) is 5.91 Å². The van der Waals surface area contributed by atoms with Gasteiger partial charge in [-0.25, -0.2) is 4.98 Å². The zero-order valence-electron chi connectivity index (χ0n) is 12.5. The molecule has 5 heteroatoms. The highest BCUT2D eigenvalue weighted by Gasteiger charge is 2.24. The molecule has 1 aromatic heterocycles. The summed E-state index contributed by atoms with van der Waals surface area (Å²) >= 11 is 0. The minimum Gasteiger partial charge on any atom is -0.378 e. The van der Waals surface area contributed by atoms with E-state index in [9.17, 15) is 4.79 Å². The number of aryl methyl sites for hydroxylation is 1. The lowest BCUT2D eigenvalue weighted by atomic mass is 10.1. The second kappa shape index (κ2) is 5.60. The fraction of sp³-hybridized carbons (Fsp3) is 0.375. The molecule has 0 saturated carbocycles. The second-order valence-corrected chi connectivity index (χ2v) is 5.21. The van der Waals surface area contributed by atoms with Crippen LogP contribution in [0.5, 0.6) is 0 Å². The number of hydrogen-bond acceptors (Lipinski definition) is 3. The van der Waals surface area contributed by atoms with Crippen LogP contribution in [0.25, 0.3) is 0 Å². The quantitative estimate of drug-likeness (QED) is 0.938. The summed E-state index contributed by atoms with van der Waals surface area (Å²) in [6.07, 6.45) is 4.72. The number of imidazole rings is 1. The molecule has 0 atom stereocenters. The molecule has 0 bridgehead atoms. The Bertz CT molecular complexity index is 662. The molecule has 1 aliphatic rings. The van der Waals surface area contributed by atoms with E-state index in [0.717, 1.165) is 36.7 Å². The minimum atomic E-state index is 0.104. The molecule has 1 aliphatic heterocycles. The van der Waals surface area contributed by atoms with Crippen molar-refractivity contribution in [2.75, 3.05) is 16.8 Å². The van der Waals surface area contributed by atoms with E-state index < -0.39 is 0 Å². The zero-order valence-corrected chi connectivity index (χ0v) is 12.5. The van der Waals surface area contributed by atoms with Crippen molar-refractivity contribution in [1.82, 2.24) is 9.55 Å². The molecule has 0 unspecified atom stereocenters. The van der Waals surface area contributed by atoms with E-state index in [1.165, 1.54) is 5.56 Å². The molecule has 2 aromatic rings. The highest BCUT2D eigenvalue weighted by molar-refractivity contribution is 5.95. The molecular formula is C16H20N4O. The van der Waals surface area contributed by atoms with Gasteiger partial charge in [0.05, 0.1) is 6.54 Å². The molecule has 0 saturated heterocycles. The Morgan fingerprint density at radius 3 is 3.05 bits per heavy atom. The van der Waals surface area contributed by atoms with Crippen LogP contribution < -0.4 is 10.2 Å². The smallest absolute Gasteiger partial charge is 0.223 e. The summed E-state index contributed by atoms with van der Waals surface area (Å²) in [7, 11) is 0. The van der Waals surface area contributed by atoms with Crippen LogP contribution in [-0.2, 0) is 24.3 Å². The van der Waals surface area contributed by atoms with Crippen LogP contribution in [0.3, 0.4) is 0 Å². The summed E-state index contributed by atoms with van der Waals surface area (Å²) < 4.78 is 2.12. The van der Waals surface area contributed by atoms with Crippen LogP contribution in [0, 0.1) is 0 Å². The zero-order chi connectivity index (χ0) is 14.8. The van der Waals surface area contributed by atoms with Gasteiger partial charge in [-0.3, -0.25) is 4.79 Å². The molecule has 3 rings (SSSR count). The van der Waals surface area contributed by atoms with Crippen molar-refractivity contribution in [2.45, 2.75) is 33.4 Å². The first kappa shape index (κ1) is 13.7. The Morgan fingerprint density at radius 2 is 2.29 bits per heavy atom. The first-order valence-electron chi connectivity index (χ1n) is 7.34. The van der Waals surface area contributed by atoms with Crippen LogP contribution >= 0.6 is 0 Å². The van der Waals surface area contributed by atoms with Gasteiger partial charge in [0.1, 0.15) is 5.82 Å². The largest absolute Gasteiger partial charge is 0.378 e. The van der Waals surface area contributed by atoms with E-state index in [4.69, 9.17) is 0 Å². The van der Waals surface area contributed by atoms with Gasteiger partial charge in [-0.1, -0.05) is 6.07 Å². The van der Waals surface area contributed by atoms with Gasteiger partial charge < -0.3 is 14.8 Å². The van der Waals surface area contributed by atoms with Gasteiger partial charge in [-0.15, -0.1) is 0 Å². The van der Waals surface area contributed by atoms with Gasteiger partial charge in [-0.05, 0) is 25.5 Å². The van der Waals surface area contributed by atoms with Gasteiger partial charge in [0.25, 0.3) is 0 Å². The normalized spacial score (nSPS) is 13.3. The number of carbonyl (C=O) groups excluding carboxylic acids is 1. The summed E-state index contributed by atoms with van der Waals surface area (Å²) in [5.74, 6) is 1.13. The molecule has 1 aromatic carbocycles. The molecule has 21 heavy (non-hydrogen) atoms. The molecule has 0 fully saturated rings. The van der Waals surface area contributed by atoms with Crippen molar-refractivity contribution < 1.29 is 4.79 Å². The molecule has 0 spiro atoms. The molecular weight excluding hydrogens is 264 g/mol. The van der Waals surface area contributed by atoms with E-state index in [-0.39, 0.29) is 5.91 Å². The van der Waals surface area contributed by atoms with Crippen LogP contribution in [0.4, 0.5) is 11.4 Å². The number of hydrogen-bond donors (Lipinski definition) is 1. The van der Waals surface area contributed by atoms with Crippen LogP contribution in [-0.4, -0.2) is 22.0 Å². The number of nitrogens with one attached hydrogen (secondary N) is 1. The summed E-state index contributed by atoms with van der Waals surface area (Å²) in [5.41, 5.74) is 3.36. The Kier molecular flexibility index (Phi) is 3.64. The number of rotatable bonds is 4. The number of benzene rings is 1. The Balaban J connectivity index is 1.80. The molecule has 0 aliphatic carbocycles. The fourth-order valence-electron chi connectivity index (χ4n) is 2.90. The maximum Gasteiger partial charge on any atom is 0.223 e. The van der Waals surface area contributed by atoms with E-state index in [0.29, 0.717) is 6.54 Å². The van der Waals surface area contributed by atoms with Gasteiger partial charge >= 0.3 is 0 Å². The fourth-order valence-corrected chi connectivity index (χ4v) is 2.90. The first-order chi connectivity index (χ1) is 10.2. The van der Waals surface area contributed by atoms with Gasteiger partial charge in [0.15, 0.2) is 0 Å². The predicted octanol–water partition coefficient (Wildman–Crippen LogP) is 2.42. The van der Waals surface area contributed by atoms with Crippen molar-refractivity contribution in [2.24, 2.45) is 0 Å². The summed E-state index contributed by atoms with van der Waals surface area (Å²) in [6.45, 7) is 6.11. The average molecular weight is 284 g/mol. The maximum absolute atomic E-state index is 11.6. The first-order valence-corrected chi connectivity index (χ1v) is 7.34. The van der Waals surface area contributed by atoms with Gasteiger partial charge in [-0.2, -0.15) is 0 Å². The number of aromatic nitrogens is 2. The van der Waals surface area contributed by atoms with Crippen molar-refractivity contribution >= 4 is 17.3 Å². The van der Waals surface area contributed by atoms with Crippen LogP contribution in [0.2, 0.25) is 0 Å². The number of amides is 1. The Labute approximate surface area is 124 Å². The predicted molar refractivity (Wildman–Crippen MR) is 83.4 cm³/mol. The SMILES string of the molecule is CCn1ccnc1CNc1cccc2c1CCN2C(C)=O. The topological polar surface area (TPSA) is 50.2 Å². The standard InChI is InChI=1S/C16H20N4O/c1-3-19-10-8-17-16(19)11-18-14-5-4-6-15-13(14)7-9-20(15)12(2)21/h4-6,8,10,18H,3,7,9,11H2,1-2H3. The maximum atomic E-state index is 11.6. The van der Waals surface area contributed by atoms with Gasteiger partial charge in [0, 0.05) is 49.3 Å². The lowest BCUT2D eigenvalue weighted by Crippen LogP contribution is -2.25. The molecule has 1 amide bonds. The third kappa shape index (κ3) is 2.51. The Hall–Kier alpha value is -2.30. The monoisotopic (exact) mass is 284 g/mol. The van der Waals surface area contributed by atoms with E-state index in [1.807, 2.05) is 29.4 Å². The third-order valence-corrected chi connectivity index (χ3v) is 3.99. The molecule has 0 radical (unpaired) electrons. The number of fused-ring (bicyclic) bond motifs is 1. The lowest BCUT2D eigenvalue weighted by Gasteiger charge is -2.16. The van der Waals surface area contributed by atoms with Crippen LogP contribution in [0.15, 0.2) is 30.6 Å². The van der Waals surface area contributed by atoms with Crippen LogP contribution in [0.1, 0.15) is 25.2 Å². The highest BCUT2D eigenvalue weighted by atomic mass is 16.2. The average Bonchev–Trinajstić information content (AvgIpc) is 3.11. The highest BCUT2D eigenvalue weighted by Crippen LogP contribution is 2.33. The van der Waals surface area contributed by atoms with E-state index >= 15 is 0 Å². The second-order valence-electron chi connectivity index (χ2n) is 5.21. The van der Waals surface area contributed by atoms with Crippen molar-refractivity contribution in [1.29, 1.82) is 0 Å². The van der Waals surface area contributed by atoms with E-state index in [2.05, 4.69) is 27.9 Å². The summed E-state index contributed by atoms with van der Waals surface area (Å²) in [4.78, 5) is 17.9.